The van der Waals surface area contributed by atoms with Gasteiger partial charge in [0, 0.05) is 6.54 Å². The molecule has 3 rings (SSSR count). The van der Waals surface area contributed by atoms with E-state index in [1.54, 1.807) is 17.0 Å². The SMILES string of the molecule is CCN(C(=O)NC(C)c1ccc2c(c1)OCO2)C(C)c1ccc(F)cc1. The number of rotatable bonds is 5. The normalized spacial score (nSPS) is 14.6. The van der Waals surface area contributed by atoms with Crippen molar-refractivity contribution < 1.29 is 18.7 Å². The molecule has 1 aliphatic heterocycles. The van der Waals surface area contributed by atoms with Crippen molar-refractivity contribution in [1.82, 2.24) is 10.2 Å². The molecule has 2 aromatic rings. The molecule has 2 aromatic carbocycles. The van der Waals surface area contributed by atoms with Gasteiger partial charge in [-0.05, 0) is 56.2 Å². The van der Waals surface area contributed by atoms with Gasteiger partial charge in [0.15, 0.2) is 11.5 Å². The maximum absolute atomic E-state index is 13.1. The number of ether oxygens (including phenoxy) is 2. The Morgan fingerprint density at radius 1 is 1.12 bits per heavy atom. The first kappa shape index (κ1) is 18.0. The predicted molar refractivity (Wildman–Crippen MR) is 96.7 cm³/mol. The Bertz CT molecular complexity index is 779. The number of benzene rings is 2. The molecule has 0 saturated carbocycles. The highest BCUT2D eigenvalue weighted by Crippen LogP contribution is 2.34. The lowest BCUT2D eigenvalue weighted by Crippen LogP contribution is -2.42. The van der Waals surface area contributed by atoms with Crippen molar-refractivity contribution >= 4 is 6.03 Å². The number of halogens is 1. The van der Waals surface area contributed by atoms with Crippen LogP contribution in [0.5, 0.6) is 11.5 Å². The van der Waals surface area contributed by atoms with Gasteiger partial charge in [-0.25, -0.2) is 9.18 Å². The monoisotopic (exact) mass is 358 g/mol. The van der Waals surface area contributed by atoms with Crippen LogP contribution in [0, 0.1) is 5.82 Å². The molecular formula is C20H23FN2O3. The number of hydrogen-bond donors (Lipinski definition) is 1. The maximum atomic E-state index is 13.1. The Balaban J connectivity index is 1.69. The fourth-order valence-corrected chi connectivity index (χ4v) is 3.05. The number of amides is 2. The lowest BCUT2D eigenvalue weighted by molar-refractivity contribution is 0.173. The van der Waals surface area contributed by atoms with Gasteiger partial charge >= 0.3 is 6.03 Å². The summed E-state index contributed by atoms with van der Waals surface area (Å²) in [5, 5.41) is 3.02. The summed E-state index contributed by atoms with van der Waals surface area (Å²) >= 11 is 0. The molecule has 0 aromatic heterocycles. The van der Waals surface area contributed by atoms with E-state index in [-0.39, 0.29) is 30.7 Å². The van der Waals surface area contributed by atoms with E-state index in [4.69, 9.17) is 9.47 Å². The Morgan fingerprint density at radius 2 is 1.77 bits per heavy atom. The topological polar surface area (TPSA) is 50.8 Å². The predicted octanol–water partition coefficient (Wildman–Crippen LogP) is 4.41. The van der Waals surface area contributed by atoms with Gasteiger partial charge in [-0.15, -0.1) is 0 Å². The van der Waals surface area contributed by atoms with E-state index >= 15 is 0 Å². The quantitative estimate of drug-likeness (QED) is 0.861. The number of nitrogens with zero attached hydrogens (tertiary/aromatic N) is 1. The third-order valence-corrected chi connectivity index (χ3v) is 4.66. The highest BCUT2D eigenvalue weighted by molar-refractivity contribution is 5.75. The summed E-state index contributed by atoms with van der Waals surface area (Å²) in [7, 11) is 0. The van der Waals surface area contributed by atoms with Gasteiger partial charge in [0.05, 0.1) is 12.1 Å². The van der Waals surface area contributed by atoms with Crippen LogP contribution >= 0.6 is 0 Å². The van der Waals surface area contributed by atoms with Gasteiger partial charge < -0.3 is 19.7 Å². The Labute approximate surface area is 152 Å². The number of carbonyl (C=O) groups is 1. The molecule has 0 fully saturated rings. The molecule has 1 heterocycles. The van der Waals surface area contributed by atoms with Gasteiger partial charge in [-0.3, -0.25) is 0 Å². The first-order valence-electron chi connectivity index (χ1n) is 8.71. The summed E-state index contributed by atoms with van der Waals surface area (Å²) in [4.78, 5) is 14.5. The number of fused-ring (bicyclic) bond motifs is 1. The van der Waals surface area contributed by atoms with Gasteiger partial charge in [0.2, 0.25) is 6.79 Å². The average Bonchev–Trinajstić information content (AvgIpc) is 3.10. The zero-order valence-corrected chi connectivity index (χ0v) is 15.2. The fourth-order valence-electron chi connectivity index (χ4n) is 3.05. The molecule has 2 amide bonds. The van der Waals surface area contributed by atoms with Crippen LogP contribution in [0.3, 0.4) is 0 Å². The van der Waals surface area contributed by atoms with E-state index in [1.165, 1.54) is 12.1 Å². The van der Waals surface area contributed by atoms with Gasteiger partial charge in [0.25, 0.3) is 0 Å². The molecule has 0 spiro atoms. The van der Waals surface area contributed by atoms with E-state index in [1.807, 2.05) is 39.0 Å². The van der Waals surface area contributed by atoms with Crippen molar-refractivity contribution in [2.75, 3.05) is 13.3 Å². The first-order chi connectivity index (χ1) is 12.5. The van der Waals surface area contributed by atoms with Crippen LogP contribution < -0.4 is 14.8 Å². The van der Waals surface area contributed by atoms with Crippen LogP contribution in [0.2, 0.25) is 0 Å². The van der Waals surface area contributed by atoms with Gasteiger partial charge in [-0.1, -0.05) is 18.2 Å². The van der Waals surface area contributed by atoms with Crippen LogP contribution in [-0.4, -0.2) is 24.3 Å². The van der Waals surface area contributed by atoms with E-state index in [0.29, 0.717) is 18.0 Å². The molecule has 2 unspecified atom stereocenters. The maximum Gasteiger partial charge on any atom is 0.318 e. The lowest BCUT2D eigenvalue weighted by Gasteiger charge is -2.30. The summed E-state index contributed by atoms with van der Waals surface area (Å²) < 4.78 is 23.8. The molecule has 0 aliphatic carbocycles. The Hall–Kier alpha value is -2.76. The third-order valence-electron chi connectivity index (χ3n) is 4.66. The highest BCUT2D eigenvalue weighted by Gasteiger charge is 2.23. The van der Waals surface area contributed by atoms with Crippen molar-refractivity contribution in [3.05, 3.63) is 59.4 Å². The number of carbonyl (C=O) groups excluding carboxylic acids is 1. The molecule has 0 bridgehead atoms. The van der Waals surface area contributed by atoms with Crippen molar-refractivity contribution in [3.8, 4) is 11.5 Å². The second kappa shape index (κ2) is 7.64. The smallest absolute Gasteiger partial charge is 0.318 e. The second-order valence-electron chi connectivity index (χ2n) is 6.30. The molecule has 6 heteroatoms. The molecule has 2 atom stereocenters. The third kappa shape index (κ3) is 3.74. The van der Waals surface area contributed by atoms with Crippen molar-refractivity contribution in [2.45, 2.75) is 32.9 Å². The molecule has 26 heavy (non-hydrogen) atoms. The lowest BCUT2D eigenvalue weighted by atomic mass is 10.1. The molecule has 138 valence electrons. The van der Waals surface area contributed by atoms with Crippen molar-refractivity contribution in [2.24, 2.45) is 0 Å². The minimum Gasteiger partial charge on any atom is -0.454 e. The van der Waals surface area contributed by atoms with Crippen LogP contribution in [0.4, 0.5) is 9.18 Å². The first-order valence-corrected chi connectivity index (χ1v) is 8.71. The van der Waals surface area contributed by atoms with E-state index in [0.717, 1.165) is 11.1 Å². The zero-order chi connectivity index (χ0) is 18.7. The summed E-state index contributed by atoms with van der Waals surface area (Å²) in [5.41, 5.74) is 1.83. The van der Waals surface area contributed by atoms with Crippen molar-refractivity contribution in [3.63, 3.8) is 0 Å². The van der Waals surface area contributed by atoms with Gasteiger partial charge in [0.1, 0.15) is 5.82 Å². The van der Waals surface area contributed by atoms with Crippen molar-refractivity contribution in [1.29, 1.82) is 0 Å². The number of nitrogens with one attached hydrogen (secondary N) is 1. The zero-order valence-electron chi connectivity index (χ0n) is 15.2. The fraction of sp³-hybridized carbons (Fsp3) is 0.350. The minimum absolute atomic E-state index is 0.162. The van der Waals surface area contributed by atoms with Crippen LogP contribution in [-0.2, 0) is 0 Å². The second-order valence-corrected chi connectivity index (χ2v) is 6.30. The standard InChI is InChI=1S/C20H23FN2O3/c1-4-23(14(3)15-5-8-17(21)9-6-15)20(24)22-13(2)16-7-10-18-19(11-16)26-12-25-18/h5-11,13-14H,4,12H2,1-3H3,(H,22,24). The highest BCUT2D eigenvalue weighted by atomic mass is 19.1. The summed E-state index contributed by atoms with van der Waals surface area (Å²) in [5.74, 6) is 1.12. The molecule has 0 radical (unpaired) electrons. The van der Waals surface area contributed by atoms with Crippen LogP contribution in [0.25, 0.3) is 0 Å². The van der Waals surface area contributed by atoms with E-state index < -0.39 is 0 Å². The number of hydrogen-bond acceptors (Lipinski definition) is 3. The molecule has 1 N–H and O–H groups in total. The van der Waals surface area contributed by atoms with Crippen LogP contribution in [0.1, 0.15) is 44.0 Å². The number of urea groups is 1. The summed E-state index contributed by atoms with van der Waals surface area (Å²) in [6.07, 6.45) is 0. The Kier molecular flexibility index (Phi) is 5.30. The molecular weight excluding hydrogens is 335 g/mol. The van der Waals surface area contributed by atoms with E-state index in [9.17, 15) is 9.18 Å². The summed E-state index contributed by atoms with van der Waals surface area (Å²) in [6.45, 7) is 6.54. The molecule has 1 aliphatic rings. The minimum atomic E-state index is -0.287. The molecule has 5 nitrogen and oxygen atoms in total. The molecule has 0 saturated heterocycles. The van der Waals surface area contributed by atoms with Gasteiger partial charge in [-0.2, -0.15) is 0 Å². The Morgan fingerprint density at radius 3 is 2.46 bits per heavy atom. The van der Waals surface area contributed by atoms with E-state index in [2.05, 4.69) is 5.32 Å². The largest absolute Gasteiger partial charge is 0.454 e. The average molecular weight is 358 g/mol. The summed E-state index contributed by atoms with van der Waals surface area (Å²) in [6, 6.07) is 11.4. The van der Waals surface area contributed by atoms with Crippen LogP contribution in [0.15, 0.2) is 42.5 Å².